The third-order valence-corrected chi connectivity index (χ3v) is 6.98. The Hall–Kier alpha value is -2.25. The summed E-state index contributed by atoms with van der Waals surface area (Å²) in [7, 11) is -2.85. The lowest BCUT2D eigenvalue weighted by Gasteiger charge is -2.28. The minimum absolute atomic E-state index is 0.234. The van der Waals surface area contributed by atoms with Crippen LogP contribution >= 0.6 is 11.3 Å². The van der Waals surface area contributed by atoms with E-state index < -0.39 is 9.84 Å². The fraction of sp³-hybridized carbons (Fsp3) is 0.222. The summed E-state index contributed by atoms with van der Waals surface area (Å²) in [6.07, 6.45) is 5.45. The van der Waals surface area contributed by atoms with Crippen LogP contribution in [0.4, 0.5) is 5.69 Å². The molecule has 0 amide bonds. The summed E-state index contributed by atoms with van der Waals surface area (Å²) in [5.41, 5.74) is 3.20. The molecule has 1 aromatic carbocycles. The molecule has 1 fully saturated rings. The molecule has 0 spiro atoms. The van der Waals surface area contributed by atoms with Gasteiger partial charge in [-0.25, -0.2) is 13.4 Å². The van der Waals surface area contributed by atoms with E-state index in [0.29, 0.717) is 13.1 Å². The normalized spacial score (nSPS) is 16.7. The highest BCUT2D eigenvalue weighted by molar-refractivity contribution is 7.91. The number of hydrogen-bond donors (Lipinski definition) is 0. The second kappa shape index (κ2) is 6.57. The first kappa shape index (κ1) is 16.2. The summed E-state index contributed by atoms with van der Waals surface area (Å²) in [5, 5.41) is 0.952. The van der Waals surface area contributed by atoms with Crippen LogP contribution in [-0.4, -0.2) is 43.0 Å². The number of anilines is 1. The van der Waals surface area contributed by atoms with Crippen molar-refractivity contribution in [2.45, 2.75) is 0 Å². The van der Waals surface area contributed by atoms with E-state index in [2.05, 4.69) is 39.1 Å². The summed E-state index contributed by atoms with van der Waals surface area (Å²) in [4.78, 5) is 11.9. The van der Waals surface area contributed by atoms with Crippen LogP contribution in [0, 0.1) is 0 Å². The van der Waals surface area contributed by atoms with Gasteiger partial charge in [-0.15, -0.1) is 11.3 Å². The predicted octanol–water partition coefficient (Wildman–Crippen LogP) is 3.11. The number of hydrogen-bond acceptors (Lipinski definition) is 6. The minimum atomic E-state index is -2.85. The monoisotopic (exact) mass is 371 g/mol. The molecule has 1 aliphatic heterocycles. The quantitative estimate of drug-likeness (QED) is 0.708. The van der Waals surface area contributed by atoms with E-state index in [4.69, 9.17) is 0 Å². The number of nitrogens with zero attached hydrogens (tertiary/aromatic N) is 3. The Morgan fingerprint density at radius 2 is 1.72 bits per heavy atom. The van der Waals surface area contributed by atoms with Crippen LogP contribution in [0.25, 0.3) is 21.0 Å². The Labute approximate surface area is 150 Å². The van der Waals surface area contributed by atoms with E-state index in [1.165, 1.54) is 0 Å². The molecule has 0 unspecified atom stereocenters. The highest BCUT2D eigenvalue weighted by Gasteiger charge is 2.21. The molecule has 1 saturated heterocycles. The van der Waals surface area contributed by atoms with Crippen LogP contribution in [0.5, 0.6) is 0 Å². The lowest BCUT2D eigenvalue weighted by Crippen LogP contribution is -2.40. The molecule has 5 nitrogen and oxygen atoms in total. The van der Waals surface area contributed by atoms with Gasteiger partial charge in [-0.05, 0) is 29.8 Å². The molecular formula is C18H17N3O2S2. The maximum atomic E-state index is 11.5. The second-order valence-electron chi connectivity index (χ2n) is 5.96. The molecule has 7 heteroatoms. The first-order chi connectivity index (χ1) is 12.1. The number of sulfone groups is 1. The Bertz CT molecular complexity index is 953. The number of aromatic nitrogens is 2. The summed E-state index contributed by atoms with van der Waals surface area (Å²) in [6, 6.07) is 12.2. The first-order valence-electron chi connectivity index (χ1n) is 8.03. The number of thiazole rings is 1. The summed E-state index contributed by atoms with van der Waals surface area (Å²) in [5.74, 6) is 0.468. The molecule has 25 heavy (non-hydrogen) atoms. The molecule has 2 aromatic heterocycles. The fourth-order valence-corrected chi connectivity index (χ4v) is 4.95. The van der Waals surface area contributed by atoms with Crippen LogP contribution in [0.1, 0.15) is 0 Å². The Morgan fingerprint density at radius 3 is 2.40 bits per heavy atom. The van der Waals surface area contributed by atoms with E-state index in [9.17, 15) is 8.42 Å². The minimum Gasteiger partial charge on any atom is -0.369 e. The number of rotatable bonds is 3. The lowest BCUT2D eigenvalue weighted by molar-refractivity contribution is 0.587. The largest absolute Gasteiger partial charge is 0.369 e. The van der Waals surface area contributed by atoms with Crippen molar-refractivity contribution in [2.75, 3.05) is 29.5 Å². The molecule has 0 bridgehead atoms. The zero-order valence-electron chi connectivity index (χ0n) is 13.5. The first-order valence-corrected chi connectivity index (χ1v) is 10.7. The molecule has 3 heterocycles. The molecule has 4 rings (SSSR count). The maximum absolute atomic E-state index is 11.5. The van der Waals surface area contributed by atoms with Gasteiger partial charge < -0.3 is 4.90 Å². The van der Waals surface area contributed by atoms with Crippen LogP contribution in [0.3, 0.4) is 0 Å². The van der Waals surface area contributed by atoms with Crippen molar-refractivity contribution in [2.24, 2.45) is 0 Å². The highest BCUT2D eigenvalue weighted by atomic mass is 32.2. The Balaban J connectivity index is 1.52. The van der Waals surface area contributed by atoms with Gasteiger partial charge in [0.05, 0.1) is 16.4 Å². The van der Waals surface area contributed by atoms with E-state index in [0.717, 1.165) is 26.7 Å². The van der Waals surface area contributed by atoms with Gasteiger partial charge in [0.15, 0.2) is 9.84 Å². The van der Waals surface area contributed by atoms with E-state index in [1.807, 2.05) is 24.5 Å². The van der Waals surface area contributed by atoms with Gasteiger partial charge in [0.1, 0.15) is 5.01 Å². The van der Waals surface area contributed by atoms with Gasteiger partial charge in [0.25, 0.3) is 0 Å². The topological polar surface area (TPSA) is 63.2 Å². The SMILES string of the molecule is O=S1(=O)CCN(c2ccc(-c3cnc(-c4cccnc4)s3)cc2)CC1. The van der Waals surface area contributed by atoms with E-state index >= 15 is 0 Å². The predicted molar refractivity (Wildman–Crippen MR) is 102 cm³/mol. The van der Waals surface area contributed by atoms with E-state index in [1.54, 1.807) is 17.5 Å². The third-order valence-electron chi connectivity index (χ3n) is 4.28. The molecule has 0 atom stereocenters. The summed E-state index contributed by atoms with van der Waals surface area (Å²) >= 11 is 1.64. The molecule has 0 N–H and O–H groups in total. The smallest absolute Gasteiger partial charge is 0.153 e. The molecule has 1 aliphatic rings. The van der Waals surface area contributed by atoms with Crippen molar-refractivity contribution < 1.29 is 8.42 Å². The summed E-state index contributed by atoms with van der Waals surface area (Å²) in [6.45, 7) is 1.13. The van der Waals surface area contributed by atoms with Crippen LogP contribution < -0.4 is 4.90 Å². The van der Waals surface area contributed by atoms with Crippen LogP contribution in [0.15, 0.2) is 55.0 Å². The van der Waals surface area contributed by atoms with Gasteiger partial charge in [-0.2, -0.15) is 0 Å². The second-order valence-corrected chi connectivity index (χ2v) is 9.29. The number of benzene rings is 1. The van der Waals surface area contributed by atoms with Crippen molar-refractivity contribution >= 4 is 26.9 Å². The summed E-state index contributed by atoms with van der Waals surface area (Å²) < 4.78 is 23.1. The lowest BCUT2D eigenvalue weighted by atomic mass is 10.2. The van der Waals surface area contributed by atoms with Crippen molar-refractivity contribution in [3.8, 4) is 21.0 Å². The average Bonchev–Trinajstić information content (AvgIpc) is 3.13. The van der Waals surface area contributed by atoms with E-state index in [-0.39, 0.29) is 11.5 Å². The van der Waals surface area contributed by atoms with Gasteiger partial charge in [0, 0.05) is 42.9 Å². The fourth-order valence-electron chi connectivity index (χ4n) is 2.84. The molecule has 128 valence electrons. The Kier molecular flexibility index (Phi) is 4.27. The van der Waals surface area contributed by atoms with Gasteiger partial charge in [-0.3, -0.25) is 4.98 Å². The third kappa shape index (κ3) is 3.57. The molecular weight excluding hydrogens is 354 g/mol. The zero-order valence-corrected chi connectivity index (χ0v) is 15.1. The van der Waals surface area contributed by atoms with Gasteiger partial charge >= 0.3 is 0 Å². The van der Waals surface area contributed by atoms with Gasteiger partial charge in [-0.1, -0.05) is 12.1 Å². The maximum Gasteiger partial charge on any atom is 0.153 e. The number of pyridine rings is 1. The molecule has 3 aromatic rings. The van der Waals surface area contributed by atoms with Crippen molar-refractivity contribution in [3.63, 3.8) is 0 Å². The van der Waals surface area contributed by atoms with Crippen molar-refractivity contribution in [1.82, 2.24) is 9.97 Å². The Morgan fingerprint density at radius 1 is 0.960 bits per heavy atom. The van der Waals surface area contributed by atoms with Gasteiger partial charge in [0.2, 0.25) is 0 Å². The van der Waals surface area contributed by atoms with Crippen molar-refractivity contribution in [1.29, 1.82) is 0 Å². The standard InChI is InChI=1S/C18H17N3O2S2/c22-25(23)10-8-21(9-11-25)16-5-3-14(4-6-16)17-13-20-18(24-17)15-2-1-7-19-12-15/h1-7,12-13H,8-11H2. The van der Waals surface area contributed by atoms with Crippen molar-refractivity contribution in [3.05, 3.63) is 55.0 Å². The molecule has 0 radical (unpaired) electrons. The average molecular weight is 371 g/mol. The highest BCUT2D eigenvalue weighted by Crippen LogP contribution is 2.32. The molecule has 0 aliphatic carbocycles. The van der Waals surface area contributed by atoms with Crippen LogP contribution in [-0.2, 0) is 9.84 Å². The zero-order chi connectivity index (χ0) is 17.3. The van der Waals surface area contributed by atoms with Crippen LogP contribution in [0.2, 0.25) is 0 Å². The molecule has 0 saturated carbocycles.